The SMILES string of the molecule is Cc1ccc(-c2noc(CC[C@@H]3CCCN4CCCC[C@H]34)n2)nn1. The molecule has 6 heteroatoms. The van der Waals surface area contributed by atoms with Gasteiger partial charge in [0.1, 0.15) is 5.69 Å². The van der Waals surface area contributed by atoms with E-state index >= 15 is 0 Å². The monoisotopic (exact) mass is 327 g/mol. The summed E-state index contributed by atoms with van der Waals surface area (Å²) in [6, 6.07) is 4.58. The third-order valence-electron chi connectivity index (χ3n) is 5.45. The van der Waals surface area contributed by atoms with Crippen LogP contribution in [0.25, 0.3) is 11.5 Å². The van der Waals surface area contributed by atoms with Gasteiger partial charge in [-0.15, -0.1) is 5.10 Å². The molecule has 0 bridgehead atoms. The summed E-state index contributed by atoms with van der Waals surface area (Å²) in [7, 11) is 0. The van der Waals surface area contributed by atoms with Crippen LogP contribution in [0, 0.1) is 12.8 Å². The molecule has 6 nitrogen and oxygen atoms in total. The number of aromatic nitrogens is 4. The predicted molar refractivity (Wildman–Crippen MR) is 90.3 cm³/mol. The van der Waals surface area contributed by atoms with Crippen molar-refractivity contribution in [3.05, 3.63) is 23.7 Å². The maximum absolute atomic E-state index is 5.43. The average Bonchev–Trinajstić information content (AvgIpc) is 3.09. The van der Waals surface area contributed by atoms with Crippen molar-refractivity contribution in [2.24, 2.45) is 5.92 Å². The molecule has 2 saturated heterocycles. The lowest BCUT2D eigenvalue weighted by molar-refractivity contribution is 0.0551. The Morgan fingerprint density at radius 2 is 2.04 bits per heavy atom. The first-order chi connectivity index (χ1) is 11.8. The van der Waals surface area contributed by atoms with Crippen LogP contribution in [0.2, 0.25) is 0 Å². The third kappa shape index (κ3) is 3.34. The van der Waals surface area contributed by atoms with E-state index in [0.29, 0.717) is 11.5 Å². The first kappa shape index (κ1) is 15.7. The van der Waals surface area contributed by atoms with Gasteiger partial charge in [-0.3, -0.25) is 0 Å². The maximum atomic E-state index is 5.43. The molecule has 0 radical (unpaired) electrons. The fraction of sp³-hybridized carbons (Fsp3) is 0.667. The minimum atomic E-state index is 0.542. The summed E-state index contributed by atoms with van der Waals surface area (Å²) in [5.74, 6) is 2.04. The Bertz CT molecular complexity index is 666. The van der Waals surface area contributed by atoms with Crippen molar-refractivity contribution in [3.63, 3.8) is 0 Å². The molecule has 4 heterocycles. The first-order valence-electron chi connectivity index (χ1n) is 9.17. The van der Waals surface area contributed by atoms with Gasteiger partial charge < -0.3 is 9.42 Å². The van der Waals surface area contributed by atoms with Crippen LogP contribution in [0.1, 0.15) is 50.1 Å². The Balaban J connectivity index is 1.38. The number of hydrogen-bond donors (Lipinski definition) is 0. The lowest BCUT2D eigenvalue weighted by atomic mass is 9.81. The molecule has 24 heavy (non-hydrogen) atoms. The zero-order valence-corrected chi connectivity index (χ0v) is 14.3. The van der Waals surface area contributed by atoms with Gasteiger partial charge in [0.25, 0.3) is 0 Å². The molecule has 0 aromatic carbocycles. The number of hydrogen-bond acceptors (Lipinski definition) is 6. The fourth-order valence-electron chi connectivity index (χ4n) is 4.20. The molecule has 0 unspecified atom stereocenters. The van der Waals surface area contributed by atoms with Crippen LogP contribution in [-0.2, 0) is 6.42 Å². The van der Waals surface area contributed by atoms with Crippen LogP contribution in [-0.4, -0.2) is 44.4 Å². The zero-order valence-electron chi connectivity index (χ0n) is 14.3. The van der Waals surface area contributed by atoms with Crippen LogP contribution in [0.4, 0.5) is 0 Å². The van der Waals surface area contributed by atoms with E-state index < -0.39 is 0 Å². The smallest absolute Gasteiger partial charge is 0.227 e. The highest BCUT2D eigenvalue weighted by Crippen LogP contribution is 2.33. The van der Waals surface area contributed by atoms with E-state index in [1.165, 1.54) is 45.2 Å². The molecule has 2 aromatic rings. The summed E-state index contributed by atoms with van der Waals surface area (Å²) in [6.07, 6.45) is 8.78. The Morgan fingerprint density at radius 1 is 1.12 bits per heavy atom. The van der Waals surface area contributed by atoms with Gasteiger partial charge in [0.15, 0.2) is 0 Å². The molecule has 2 aromatic heterocycles. The average molecular weight is 327 g/mol. The molecule has 128 valence electrons. The van der Waals surface area contributed by atoms with Gasteiger partial charge in [-0.25, -0.2) is 0 Å². The summed E-state index contributed by atoms with van der Waals surface area (Å²) >= 11 is 0. The Kier molecular flexibility index (Phi) is 4.56. The molecule has 0 aliphatic carbocycles. The molecular formula is C18H25N5O. The molecule has 2 fully saturated rings. The highest BCUT2D eigenvalue weighted by molar-refractivity contribution is 5.46. The molecular weight excluding hydrogens is 302 g/mol. The van der Waals surface area contributed by atoms with Crippen molar-refractivity contribution in [3.8, 4) is 11.5 Å². The molecule has 4 rings (SSSR count). The van der Waals surface area contributed by atoms with Crippen LogP contribution in [0.3, 0.4) is 0 Å². The van der Waals surface area contributed by atoms with Gasteiger partial charge in [-0.1, -0.05) is 11.6 Å². The number of nitrogens with zero attached hydrogens (tertiary/aromatic N) is 5. The van der Waals surface area contributed by atoms with Crippen molar-refractivity contribution >= 4 is 0 Å². The van der Waals surface area contributed by atoms with E-state index in [0.717, 1.165) is 36.4 Å². The van der Waals surface area contributed by atoms with Gasteiger partial charge in [0, 0.05) is 12.5 Å². The van der Waals surface area contributed by atoms with Crippen molar-refractivity contribution < 1.29 is 4.52 Å². The predicted octanol–water partition coefficient (Wildman–Crippen LogP) is 3.03. The minimum Gasteiger partial charge on any atom is -0.339 e. The van der Waals surface area contributed by atoms with Crippen molar-refractivity contribution in [2.45, 2.75) is 57.9 Å². The second-order valence-electron chi connectivity index (χ2n) is 7.11. The Hall–Kier alpha value is -1.82. The summed E-state index contributed by atoms with van der Waals surface area (Å²) in [4.78, 5) is 7.21. The number of aryl methyl sites for hydroxylation is 2. The van der Waals surface area contributed by atoms with Crippen molar-refractivity contribution in [1.29, 1.82) is 0 Å². The largest absolute Gasteiger partial charge is 0.339 e. The van der Waals surface area contributed by atoms with E-state index in [1.54, 1.807) is 0 Å². The van der Waals surface area contributed by atoms with Gasteiger partial charge in [0.05, 0.1) is 5.69 Å². The van der Waals surface area contributed by atoms with E-state index in [4.69, 9.17) is 4.52 Å². The summed E-state index contributed by atoms with van der Waals surface area (Å²) in [6.45, 7) is 4.49. The lowest BCUT2D eigenvalue weighted by Crippen LogP contribution is -2.48. The van der Waals surface area contributed by atoms with Gasteiger partial charge in [-0.05, 0) is 70.2 Å². The van der Waals surface area contributed by atoms with Gasteiger partial charge in [-0.2, -0.15) is 10.1 Å². The van der Waals surface area contributed by atoms with E-state index in [-0.39, 0.29) is 0 Å². The molecule has 0 N–H and O–H groups in total. The van der Waals surface area contributed by atoms with Crippen LogP contribution in [0.15, 0.2) is 16.7 Å². The van der Waals surface area contributed by atoms with Crippen molar-refractivity contribution in [1.82, 2.24) is 25.2 Å². The second-order valence-corrected chi connectivity index (χ2v) is 7.11. The van der Waals surface area contributed by atoms with Crippen LogP contribution >= 0.6 is 0 Å². The normalized spacial score (nSPS) is 24.7. The third-order valence-corrected chi connectivity index (χ3v) is 5.45. The quantitative estimate of drug-likeness (QED) is 0.860. The van der Waals surface area contributed by atoms with Gasteiger partial charge in [0.2, 0.25) is 11.7 Å². The van der Waals surface area contributed by atoms with Crippen LogP contribution < -0.4 is 0 Å². The molecule has 0 amide bonds. The van der Waals surface area contributed by atoms with E-state index in [2.05, 4.69) is 25.2 Å². The van der Waals surface area contributed by atoms with Gasteiger partial charge >= 0.3 is 0 Å². The van der Waals surface area contributed by atoms with E-state index in [1.807, 2.05) is 19.1 Å². The summed E-state index contributed by atoms with van der Waals surface area (Å²) < 4.78 is 5.43. The fourth-order valence-corrected chi connectivity index (χ4v) is 4.20. The number of rotatable bonds is 4. The molecule has 2 aliphatic heterocycles. The maximum Gasteiger partial charge on any atom is 0.227 e. The molecule has 0 saturated carbocycles. The van der Waals surface area contributed by atoms with E-state index in [9.17, 15) is 0 Å². The molecule has 2 atom stereocenters. The Labute approximate surface area is 142 Å². The standard InChI is InChI=1S/C18H25N5O/c1-13-7-9-15(21-20-13)18-19-17(24-22-18)10-8-14-5-4-12-23-11-3-2-6-16(14)23/h7,9,14,16H,2-6,8,10-12H2,1H3/t14-,16+/m0/s1. The Morgan fingerprint density at radius 3 is 2.92 bits per heavy atom. The number of piperidine rings is 2. The lowest BCUT2D eigenvalue weighted by Gasteiger charge is -2.44. The molecule has 0 spiro atoms. The topological polar surface area (TPSA) is 67.9 Å². The van der Waals surface area contributed by atoms with Crippen molar-refractivity contribution in [2.75, 3.05) is 13.1 Å². The highest BCUT2D eigenvalue weighted by Gasteiger charge is 2.32. The zero-order chi connectivity index (χ0) is 16.4. The minimum absolute atomic E-state index is 0.542. The number of fused-ring (bicyclic) bond motifs is 1. The summed E-state index contributed by atoms with van der Waals surface area (Å²) in [5, 5.41) is 12.2. The summed E-state index contributed by atoms with van der Waals surface area (Å²) in [5.41, 5.74) is 1.56. The first-order valence-corrected chi connectivity index (χ1v) is 9.17. The second kappa shape index (κ2) is 6.97. The van der Waals surface area contributed by atoms with Crippen LogP contribution in [0.5, 0.6) is 0 Å². The highest BCUT2D eigenvalue weighted by atomic mass is 16.5. The molecule has 2 aliphatic rings.